The van der Waals surface area contributed by atoms with Crippen LogP contribution in [0.3, 0.4) is 0 Å². The average Bonchev–Trinajstić information content (AvgIpc) is 3.42. The number of nitrogens with one attached hydrogen (secondary N) is 2. The topological polar surface area (TPSA) is 84.6 Å². The third-order valence-electron chi connectivity index (χ3n) is 7.24. The zero-order valence-corrected chi connectivity index (χ0v) is 20.5. The van der Waals surface area contributed by atoms with Crippen molar-refractivity contribution in [1.29, 1.82) is 0 Å². The summed E-state index contributed by atoms with van der Waals surface area (Å²) in [6.07, 6.45) is 2.35. The van der Waals surface area contributed by atoms with E-state index in [4.69, 9.17) is 23.2 Å². The Hall–Kier alpha value is -2.29. The van der Waals surface area contributed by atoms with Gasteiger partial charge in [0, 0.05) is 46.3 Å². The predicted octanol–water partition coefficient (Wildman–Crippen LogP) is 4.31. The van der Waals surface area contributed by atoms with Crippen LogP contribution in [0, 0.1) is 0 Å². The van der Waals surface area contributed by atoms with E-state index in [1.165, 1.54) is 6.42 Å². The van der Waals surface area contributed by atoms with E-state index in [1.807, 2.05) is 23.6 Å². The lowest BCUT2D eigenvalue weighted by atomic mass is 10.0. The quantitative estimate of drug-likeness (QED) is 0.656. The summed E-state index contributed by atoms with van der Waals surface area (Å²) in [5.41, 5.74) is 1.43. The average molecular weight is 491 g/mol. The van der Waals surface area contributed by atoms with Crippen molar-refractivity contribution in [2.75, 3.05) is 25.0 Å². The summed E-state index contributed by atoms with van der Waals surface area (Å²) in [5, 5.41) is 11.0. The largest absolute Gasteiger partial charge is 0.321 e. The number of anilines is 1. The number of fused-ring (bicyclic) bond motifs is 2. The molecule has 1 aromatic carbocycles. The lowest BCUT2D eigenvalue weighted by Gasteiger charge is -2.45. The molecular weight excluding hydrogens is 463 g/mol. The van der Waals surface area contributed by atoms with Crippen LogP contribution in [-0.2, 0) is 12.1 Å². The van der Waals surface area contributed by atoms with Crippen LogP contribution in [0.4, 0.5) is 10.6 Å². The van der Waals surface area contributed by atoms with Gasteiger partial charge >= 0.3 is 6.03 Å². The highest BCUT2D eigenvalue weighted by atomic mass is 35.5. The van der Waals surface area contributed by atoms with Crippen LogP contribution in [0.15, 0.2) is 18.2 Å². The SMILES string of the molecule is C[C@H]1CN2CCC[C@H]2CN1C(=O)N1Cc2c(NC(=O)c3cc(Cl)cc(Cl)c3)n[nH]c2C1(C)C. The van der Waals surface area contributed by atoms with Crippen LogP contribution in [0.2, 0.25) is 10.0 Å². The van der Waals surface area contributed by atoms with Crippen molar-refractivity contribution < 1.29 is 9.59 Å². The molecule has 3 aliphatic rings. The summed E-state index contributed by atoms with van der Waals surface area (Å²) in [6.45, 7) is 9.32. The fraction of sp³-hybridized carbons (Fsp3) is 0.522. The molecule has 3 aliphatic heterocycles. The number of carbonyl (C=O) groups is 2. The molecule has 2 atom stereocenters. The second-order valence-electron chi connectivity index (χ2n) is 9.76. The van der Waals surface area contributed by atoms with E-state index < -0.39 is 5.54 Å². The molecule has 10 heteroatoms. The molecule has 8 nitrogen and oxygen atoms in total. The Morgan fingerprint density at radius 3 is 2.64 bits per heavy atom. The van der Waals surface area contributed by atoms with Gasteiger partial charge in [0.25, 0.3) is 5.91 Å². The van der Waals surface area contributed by atoms with Gasteiger partial charge < -0.3 is 15.1 Å². The molecule has 4 heterocycles. The number of aromatic amines is 1. The fourth-order valence-corrected chi connectivity index (χ4v) is 5.93. The minimum Gasteiger partial charge on any atom is -0.319 e. The summed E-state index contributed by atoms with van der Waals surface area (Å²) >= 11 is 12.1. The molecule has 0 aliphatic carbocycles. The molecule has 176 valence electrons. The number of urea groups is 1. The third-order valence-corrected chi connectivity index (χ3v) is 7.68. The van der Waals surface area contributed by atoms with Crippen LogP contribution in [0.5, 0.6) is 0 Å². The number of halogens is 2. The maximum absolute atomic E-state index is 13.7. The lowest BCUT2D eigenvalue weighted by molar-refractivity contribution is 0.0454. The maximum Gasteiger partial charge on any atom is 0.321 e. The molecule has 5 rings (SSSR count). The highest BCUT2D eigenvalue weighted by Crippen LogP contribution is 2.42. The Bertz CT molecular complexity index is 1100. The molecule has 1 aromatic heterocycles. The van der Waals surface area contributed by atoms with E-state index in [-0.39, 0.29) is 18.0 Å². The van der Waals surface area contributed by atoms with E-state index in [1.54, 1.807) is 18.2 Å². The maximum atomic E-state index is 13.7. The number of hydrogen-bond donors (Lipinski definition) is 2. The van der Waals surface area contributed by atoms with Gasteiger partial charge in [-0.1, -0.05) is 23.2 Å². The first-order valence-electron chi connectivity index (χ1n) is 11.3. The van der Waals surface area contributed by atoms with Gasteiger partial charge in [0.1, 0.15) is 0 Å². The number of benzene rings is 1. The summed E-state index contributed by atoms with van der Waals surface area (Å²) in [5.74, 6) is 0.0605. The summed E-state index contributed by atoms with van der Waals surface area (Å²) in [4.78, 5) is 32.9. The summed E-state index contributed by atoms with van der Waals surface area (Å²) in [7, 11) is 0. The van der Waals surface area contributed by atoms with Crippen molar-refractivity contribution in [3.63, 3.8) is 0 Å². The fourth-order valence-electron chi connectivity index (χ4n) is 5.40. The minimum absolute atomic E-state index is 0.0301. The number of piperazine rings is 1. The van der Waals surface area contributed by atoms with Gasteiger partial charge in [-0.05, 0) is 58.4 Å². The van der Waals surface area contributed by atoms with Crippen LogP contribution in [0.25, 0.3) is 0 Å². The first-order chi connectivity index (χ1) is 15.6. The molecule has 33 heavy (non-hydrogen) atoms. The third kappa shape index (κ3) is 3.88. The van der Waals surface area contributed by atoms with E-state index in [0.717, 1.165) is 37.3 Å². The first kappa shape index (κ1) is 22.5. The van der Waals surface area contributed by atoms with E-state index in [2.05, 4.69) is 27.3 Å². The minimum atomic E-state index is -0.575. The van der Waals surface area contributed by atoms with Crippen molar-refractivity contribution in [3.05, 3.63) is 45.1 Å². The summed E-state index contributed by atoms with van der Waals surface area (Å²) < 4.78 is 0. The molecule has 0 saturated carbocycles. The van der Waals surface area contributed by atoms with Crippen LogP contribution < -0.4 is 5.32 Å². The normalized spacial score (nSPS) is 24.0. The van der Waals surface area contributed by atoms with Gasteiger partial charge in [-0.25, -0.2) is 4.79 Å². The van der Waals surface area contributed by atoms with Gasteiger partial charge in [-0.15, -0.1) is 0 Å². The molecule has 0 radical (unpaired) electrons. The standard InChI is InChI=1S/C23H28Cl2N6O2/c1-13-10-29-6-4-5-17(29)11-30(13)22(33)31-12-18-19(23(31,2)3)27-28-20(18)26-21(32)14-7-15(24)9-16(25)8-14/h7-9,13,17H,4-6,10-12H2,1-3H3,(H2,26,27,28,32)/t13-,17-/m0/s1. The Morgan fingerprint density at radius 1 is 1.18 bits per heavy atom. The van der Waals surface area contributed by atoms with Crippen molar-refractivity contribution >= 4 is 41.0 Å². The van der Waals surface area contributed by atoms with E-state index >= 15 is 0 Å². The smallest absolute Gasteiger partial charge is 0.319 e. The van der Waals surface area contributed by atoms with Gasteiger partial charge in [-0.3, -0.25) is 14.8 Å². The highest BCUT2D eigenvalue weighted by Gasteiger charge is 2.47. The molecule has 0 unspecified atom stereocenters. The first-order valence-corrected chi connectivity index (χ1v) is 12.1. The van der Waals surface area contributed by atoms with Crippen molar-refractivity contribution in [2.24, 2.45) is 0 Å². The van der Waals surface area contributed by atoms with Crippen LogP contribution in [-0.4, -0.2) is 68.6 Å². The van der Waals surface area contributed by atoms with Crippen molar-refractivity contribution in [1.82, 2.24) is 24.9 Å². The monoisotopic (exact) mass is 490 g/mol. The molecule has 0 spiro atoms. The second-order valence-corrected chi connectivity index (χ2v) is 10.6. The number of rotatable bonds is 2. The molecule has 2 N–H and O–H groups in total. The zero-order chi connectivity index (χ0) is 23.5. The van der Waals surface area contributed by atoms with Gasteiger partial charge in [-0.2, -0.15) is 5.10 Å². The molecule has 3 amide bonds. The van der Waals surface area contributed by atoms with E-state index in [9.17, 15) is 9.59 Å². The molecule has 2 saturated heterocycles. The Labute approximate surface area is 203 Å². The lowest BCUT2D eigenvalue weighted by Crippen LogP contribution is -2.60. The molecule has 2 aromatic rings. The number of aromatic nitrogens is 2. The number of nitrogens with zero attached hydrogens (tertiary/aromatic N) is 4. The number of carbonyl (C=O) groups excluding carboxylic acids is 2. The van der Waals surface area contributed by atoms with Gasteiger partial charge in [0.15, 0.2) is 5.82 Å². The van der Waals surface area contributed by atoms with Crippen molar-refractivity contribution in [3.8, 4) is 0 Å². The number of hydrogen-bond acceptors (Lipinski definition) is 4. The van der Waals surface area contributed by atoms with Gasteiger partial charge in [0.05, 0.1) is 17.8 Å². The number of amides is 3. The molecule has 0 bridgehead atoms. The van der Waals surface area contributed by atoms with E-state index in [0.29, 0.717) is 34.0 Å². The van der Waals surface area contributed by atoms with Crippen LogP contribution in [0.1, 0.15) is 55.2 Å². The number of H-pyrrole nitrogens is 1. The Kier molecular flexibility index (Phi) is 5.58. The molecule has 2 fully saturated rings. The van der Waals surface area contributed by atoms with Crippen LogP contribution >= 0.6 is 23.2 Å². The highest BCUT2D eigenvalue weighted by molar-refractivity contribution is 6.35. The zero-order valence-electron chi connectivity index (χ0n) is 19.0. The van der Waals surface area contributed by atoms with Crippen molar-refractivity contribution in [2.45, 2.75) is 57.8 Å². The predicted molar refractivity (Wildman–Crippen MR) is 128 cm³/mol. The Morgan fingerprint density at radius 2 is 1.91 bits per heavy atom. The summed E-state index contributed by atoms with van der Waals surface area (Å²) in [6, 6.07) is 5.33. The second kappa shape index (κ2) is 8.18. The molecular formula is C23H28Cl2N6O2. The van der Waals surface area contributed by atoms with Gasteiger partial charge in [0.2, 0.25) is 0 Å². The Balaban J connectivity index is 1.36.